The van der Waals surface area contributed by atoms with Gasteiger partial charge >= 0.3 is 0 Å². The van der Waals surface area contributed by atoms with Crippen molar-refractivity contribution in [2.45, 2.75) is 90.5 Å². The van der Waals surface area contributed by atoms with Crippen molar-refractivity contribution in [3.63, 3.8) is 0 Å². The molecule has 4 rings (SSSR count). The molecule has 2 atom stereocenters. The van der Waals surface area contributed by atoms with Crippen molar-refractivity contribution in [3.05, 3.63) is 78.0 Å². The van der Waals surface area contributed by atoms with Crippen molar-refractivity contribution in [2.75, 3.05) is 0 Å². The molecule has 1 aromatic heterocycles. The molecular formula is C31H40N+. The molecule has 1 aliphatic heterocycles. The van der Waals surface area contributed by atoms with Gasteiger partial charge in [-0.1, -0.05) is 88.6 Å². The summed E-state index contributed by atoms with van der Waals surface area (Å²) in [5.41, 5.74) is 8.66. The maximum atomic E-state index is 2.64. The average Bonchev–Trinajstić information content (AvgIpc) is 2.85. The summed E-state index contributed by atoms with van der Waals surface area (Å²) in [4.78, 5) is 0. The van der Waals surface area contributed by atoms with Crippen molar-refractivity contribution >= 4 is 0 Å². The third-order valence-electron chi connectivity index (χ3n) is 8.47. The third-order valence-corrected chi connectivity index (χ3v) is 8.47. The van der Waals surface area contributed by atoms with E-state index in [9.17, 15) is 0 Å². The molecule has 1 aliphatic rings. The summed E-state index contributed by atoms with van der Waals surface area (Å²) in [6.45, 7) is 12.0. The van der Waals surface area contributed by atoms with Gasteiger partial charge in [-0.3, -0.25) is 0 Å². The van der Waals surface area contributed by atoms with E-state index in [4.69, 9.17) is 0 Å². The van der Waals surface area contributed by atoms with E-state index < -0.39 is 0 Å². The molecule has 1 nitrogen and oxygen atoms in total. The lowest BCUT2D eigenvalue weighted by Gasteiger charge is -2.46. The van der Waals surface area contributed by atoms with Crippen LogP contribution in [0, 0.1) is 0 Å². The third kappa shape index (κ3) is 3.60. The monoisotopic (exact) mass is 426 g/mol. The van der Waals surface area contributed by atoms with E-state index in [1.807, 2.05) is 0 Å². The Kier molecular flexibility index (Phi) is 6.56. The summed E-state index contributed by atoms with van der Waals surface area (Å²) >= 11 is 0. The Balaban J connectivity index is 1.96. The fourth-order valence-corrected chi connectivity index (χ4v) is 5.91. The zero-order chi connectivity index (χ0) is 22.8. The van der Waals surface area contributed by atoms with E-state index >= 15 is 0 Å². The van der Waals surface area contributed by atoms with Crippen LogP contribution in [0.3, 0.4) is 0 Å². The minimum Gasteiger partial charge on any atom is -0.192 e. The summed E-state index contributed by atoms with van der Waals surface area (Å²) in [6, 6.07) is 22.7. The second-order valence-electron chi connectivity index (χ2n) is 10.0. The standard InChI is InChI=1S/C31H40N/c1-6-9-10-12-19-25-22-29-26-20-15-16-21-28(26)30(4,7-2)31(5,8-3)32(29)23-27(25)24-17-13-11-14-18-24/h11,13-18,20-23H,6-10,12,19H2,1-5H3/q+1. The number of aromatic nitrogens is 1. The van der Waals surface area contributed by atoms with E-state index in [1.165, 1.54) is 59.2 Å². The van der Waals surface area contributed by atoms with Crippen molar-refractivity contribution in [3.8, 4) is 22.4 Å². The topological polar surface area (TPSA) is 3.88 Å². The largest absolute Gasteiger partial charge is 0.213 e. The molecule has 0 radical (unpaired) electrons. The van der Waals surface area contributed by atoms with Gasteiger partial charge < -0.3 is 0 Å². The molecule has 0 spiro atoms. The minimum atomic E-state index is 0.0235. The maximum Gasteiger partial charge on any atom is 0.213 e. The number of pyridine rings is 1. The lowest BCUT2D eigenvalue weighted by atomic mass is 9.60. The number of hydrogen-bond acceptors (Lipinski definition) is 0. The molecule has 0 fully saturated rings. The van der Waals surface area contributed by atoms with Crippen molar-refractivity contribution in [1.82, 2.24) is 0 Å². The van der Waals surface area contributed by atoms with Gasteiger partial charge in [0.15, 0.2) is 11.7 Å². The van der Waals surface area contributed by atoms with Gasteiger partial charge in [-0.15, -0.1) is 0 Å². The Morgan fingerprint density at radius 1 is 0.750 bits per heavy atom. The second kappa shape index (κ2) is 9.22. The SMILES string of the molecule is CCCCCCc1cc2[n+](cc1-c1ccccc1)C(C)(CC)C(C)(CC)c1ccccc1-2. The molecule has 32 heavy (non-hydrogen) atoms. The van der Waals surface area contributed by atoms with Gasteiger partial charge in [-0.2, -0.15) is 4.57 Å². The van der Waals surface area contributed by atoms with E-state index in [0.29, 0.717) is 0 Å². The second-order valence-corrected chi connectivity index (χ2v) is 10.0. The first-order chi connectivity index (χ1) is 15.5. The van der Waals surface area contributed by atoms with Gasteiger partial charge in [0, 0.05) is 25.0 Å². The van der Waals surface area contributed by atoms with E-state index in [0.717, 1.165) is 19.3 Å². The molecule has 168 valence electrons. The quantitative estimate of drug-likeness (QED) is 0.252. The molecule has 2 heterocycles. The fourth-order valence-electron chi connectivity index (χ4n) is 5.91. The molecule has 1 heteroatoms. The zero-order valence-corrected chi connectivity index (χ0v) is 20.7. The van der Waals surface area contributed by atoms with E-state index in [-0.39, 0.29) is 11.0 Å². The summed E-state index contributed by atoms with van der Waals surface area (Å²) in [6.07, 6.45) is 11.0. The highest BCUT2D eigenvalue weighted by Gasteiger charge is 2.56. The number of benzene rings is 2. The smallest absolute Gasteiger partial charge is 0.192 e. The number of hydrogen-bond donors (Lipinski definition) is 0. The summed E-state index contributed by atoms with van der Waals surface area (Å²) < 4.78 is 2.64. The van der Waals surface area contributed by atoms with Crippen LogP contribution in [0.5, 0.6) is 0 Å². The van der Waals surface area contributed by atoms with Crippen LogP contribution in [-0.4, -0.2) is 0 Å². The fraction of sp³-hybridized carbons (Fsp3) is 0.452. The van der Waals surface area contributed by atoms with Crippen LogP contribution in [0.25, 0.3) is 22.4 Å². The Morgan fingerprint density at radius 2 is 1.47 bits per heavy atom. The molecule has 0 amide bonds. The normalized spacial score (nSPS) is 21.8. The Bertz CT molecular complexity index is 1070. The molecular weight excluding hydrogens is 386 g/mol. The lowest BCUT2D eigenvalue weighted by Crippen LogP contribution is -2.67. The highest BCUT2D eigenvalue weighted by molar-refractivity contribution is 5.71. The van der Waals surface area contributed by atoms with Gasteiger partial charge in [0.05, 0.1) is 11.0 Å². The molecule has 3 aromatic rings. The first kappa shape index (κ1) is 22.8. The highest BCUT2D eigenvalue weighted by atomic mass is 15.1. The first-order valence-corrected chi connectivity index (χ1v) is 12.7. The van der Waals surface area contributed by atoms with Crippen LogP contribution in [0.1, 0.15) is 84.3 Å². The first-order valence-electron chi connectivity index (χ1n) is 12.7. The molecule has 2 aromatic carbocycles. The predicted octanol–water partition coefficient (Wildman–Crippen LogP) is 8.24. The van der Waals surface area contributed by atoms with Gasteiger partial charge in [-0.05, 0) is 48.9 Å². The van der Waals surface area contributed by atoms with Crippen LogP contribution in [-0.2, 0) is 17.4 Å². The molecule has 0 bridgehead atoms. The molecule has 2 unspecified atom stereocenters. The number of rotatable bonds is 8. The average molecular weight is 427 g/mol. The van der Waals surface area contributed by atoms with Crippen molar-refractivity contribution in [1.29, 1.82) is 0 Å². The summed E-state index contributed by atoms with van der Waals surface area (Å²) in [5, 5.41) is 0. The van der Waals surface area contributed by atoms with Crippen molar-refractivity contribution in [2.24, 2.45) is 0 Å². The van der Waals surface area contributed by atoms with Crippen LogP contribution in [0.4, 0.5) is 0 Å². The lowest BCUT2D eigenvalue weighted by molar-refractivity contribution is -0.764. The van der Waals surface area contributed by atoms with Crippen LogP contribution < -0.4 is 4.57 Å². The van der Waals surface area contributed by atoms with Crippen LogP contribution >= 0.6 is 0 Å². The molecule has 0 saturated carbocycles. The number of unbranched alkanes of at least 4 members (excludes halogenated alkanes) is 3. The number of nitrogens with zero attached hydrogens (tertiary/aromatic N) is 1. The van der Waals surface area contributed by atoms with Crippen LogP contribution in [0.2, 0.25) is 0 Å². The van der Waals surface area contributed by atoms with E-state index in [2.05, 4.69) is 106 Å². The summed E-state index contributed by atoms with van der Waals surface area (Å²) in [5.74, 6) is 0. The van der Waals surface area contributed by atoms with Gasteiger partial charge in [-0.25, -0.2) is 0 Å². The predicted molar refractivity (Wildman–Crippen MR) is 137 cm³/mol. The zero-order valence-electron chi connectivity index (χ0n) is 20.7. The molecule has 0 aliphatic carbocycles. The summed E-state index contributed by atoms with van der Waals surface area (Å²) in [7, 11) is 0. The highest BCUT2D eigenvalue weighted by Crippen LogP contribution is 2.50. The maximum absolute atomic E-state index is 2.64. The minimum absolute atomic E-state index is 0.0235. The number of fused-ring (bicyclic) bond motifs is 3. The molecule has 0 N–H and O–H groups in total. The Labute approximate surface area is 195 Å². The van der Waals surface area contributed by atoms with E-state index in [1.54, 1.807) is 0 Å². The number of aryl methyl sites for hydroxylation is 1. The Morgan fingerprint density at radius 3 is 2.16 bits per heavy atom. The van der Waals surface area contributed by atoms with Gasteiger partial charge in [0.25, 0.3) is 0 Å². The Hall–Kier alpha value is -2.41. The van der Waals surface area contributed by atoms with Crippen LogP contribution in [0.15, 0.2) is 66.9 Å². The van der Waals surface area contributed by atoms with Gasteiger partial charge in [0.1, 0.15) is 0 Å². The van der Waals surface area contributed by atoms with Crippen molar-refractivity contribution < 1.29 is 4.57 Å². The van der Waals surface area contributed by atoms with Gasteiger partial charge in [0.2, 0.25) is 5.69 Å². The molecule has 0 saturated heterocycles.